The minimum absolute atomic E-state index is 0.114. The molecule has 0 aliphatic carbocycles. The van der Waals surface area contributed by atoms with Crippen LogP contribution in [0.5, 0.6) is 0 Å². The number of nitrogens with zero attached hydrogens (tertiary/aromatic N) is 1. The number of fused-ring (bicyclic) bond motifs is 1. The van der Waals surface area contributed by atoms with Crippen molar-refractivity contribution in [3.8, 4) is 0 Å². The van der Waals surface area contributed by atoms with E-state index in [4.69, 9.17) is 5.73 Å². The van der Waals surface area contributed by atoms with Gasteiger partial charge in [-0.15, -0.1) is 0 Å². The monoisotopic (exact) mass is 387 g/mol. The van der Waals surface area contributed by atoms with Crippen molar-refractivity contribution in [2.24, 2.45) is 11.7 Å². The molecular weight excluding hydrogens is 364 g/mol. The van der Waals surface area contributed by atoms with Gasteiger partial charge in [0.15, 0.2) is 0 Å². The Balaban J connectivity index is 1.93. The average molecular weight is 387 g/mol. The molecule has 7 heteroatoms. The summed E-state index contributed by atoms with van der Waals surface area (Å²) in [6.45, 7) is 3.86. The summed E-state index contributed by atoms with van der Waals surface area (Å²) in [6.07, 6.45) is 0.245. The molecule has 0 radical (unpaired) electrons. The molecule has 0 fully saturated rings. The number of halogens is 2. The third-order valence-electron chi connectivity index (χ3n) is 5.05. The quantitative estimate of drug-likeness (QED) is 0.847. The molecule has 1 aliphatic rings. The molecule has 0 aromatic heterocycles. The van der Waals surface area contributed by atoms with Crippen LogP contribution in [0.4, 0.5) is 14.5 Å². The molecule has 0 spiro atoms. The number of carbonyl (C=O) groups excluding carboxylic acids is 2. The van der Waals surface area contributed by atoms with Crippen molar-refractivity contribution in [2.45, 2.75) is 38.9 Å². The molecule has 2 unspecified atom stereocenters. The molecule has 1 heterocycles. The molecule has 0 bridgehead atoms. The van der Waals surface area contributed by atoms with Crippen LogP contribution in [-0.2, 0) is 22.6 Å². The van der Waals surface area contributed by atoms with Gasteiger partial charge in [0.2, 0.25) is 11.8 Å². The molecule has 0 saturated carbocycles. The summed E-state index contributed by atoms with van der Waals surface area (Å²) in [6, 6.07) is 9.13. The molecule has 1 aliphatic heterocycles. The second-order valence-electron chi connectivity index (χ2n) is 7.31. The summed E-state index contributed by atoms with van der Waals surface area (Å²) < 4.78 is 27.9. The van der Waals surface area contributed by atoms with Crippen LogP contribution < -0.4 is 11.1 Å². The molecule has 148 valence electrons. The van der Waals surface area contributed by atoms with Crippen LogP contribution in [0.25, 0.3) is 0 Å². The van der Waals surface area contributed by atoms with Crippen LogP contribution in [0.15, 0.2) is 42.5 Å². The Morgan fingerprint density at radius 3 is 2.29 bits per heavy atom. The lowest BCUT2D eigenvalue weighted by atomic mass is 9.91. The second kappa shape index (κ2) is 8.06. The van der Waals surface area contributed by atoms with E-state index in [-0.39, 0.29) is 24.8 Å². The van der Waals surface area contributed by atoms with E-state index >= 15 is 0 Å². The van der Waals surface area contributed by atoms with Crippen LogP contribution in [0, 0.1) is 17.6 Å². The van der Waals surface area contributed by atoms with Crippen molar-refractivity contribution in [3.05, 3.63) is 65.2 Å². The van der Waals surface area contributed by atoms with Crippen molar-refractivity contribution in [2.75, 3.05) is 5.32 Å². The van der Waals surface area contributed by atoms with Gasteiger partial charge in [0.1, 0.15) is 23.4 Å². The van der Waals surface area contributed by atoms with Gasteiger partial charge < -0.3 is 16.0 Å². The highest BCUT2D eigenvalue weighted by Crippen LogP contribution is 2.26. The number of anilines is 1. The maximum atomic E-state index is 14.0. The third kappa shape index (κ3) is 3.89. The summed E-state index contributed by atoms with van der Waals surface area (Å²) in [5.41, 5.74) is 7.35. The van der Waals surface area contributed by atoms with Gasteiger partial charge in [-0.25, -0.2) is 8.78 Å². The Morgan fingerprint density at radius 2 is 1.68 bits per heavy atom. The smallest absolute Gasteiger partial charge is 0.247 e. The first-order valence-corrected chi connectivity index (χ1v) is 9.17. The van der Waals surface area contributed by atoms with Crippen molar-refractivity contribution < 1.29 is 18.4 Å². The Morgan fingerprint density at radius 1 is 1.07 bits per heavy atom. The molecule has 2 aromatic carbocycles. The molecule has 2 atom stereocenters. The topological polar surface area (TPSA) is 75.4 Å². The Labute approximate surface area is 162 Å². The minimum atomic E-state index is -0.911. The third-order valence-corrected chi connectivity index (χ3v) is 5.05. The first kappa shape index (κ1) is 19.9. The zero-order valence-electron chi connectivity index (χ0n) is 15.8. The maximum Gasteiger partial charge on any atom is 0.247 e. The molecule has 3 N–H and O–H groups in total. The maximum absolute atomic E-state index is 14.0. The van der Waals surface area contributed by atoms with E-state index in [9.17, 15) is 18.4 Å². The largest absolute Gasteiger partial charge is 0.325 e. The Hall–Kier alpha value is -2.80. The lowest BCUT2D eigenvalue weighted by Crippen LogP contribution is -2.56. The van der Waals surface area contributed by atoms with Gasteiger partial charge in [-0.3, -0.25) is 9.59 Å². The number of carbonyl (C=O) groups is 2. The summed E-state index contributed by atoms with van der Waals surface area (Å²) >= 11 is 0. The molecular formula is C21H23F2N3O2. The number of rotatable bonds is 4. The zero-order chi connectivity index (χ0) is 20.4. The van der Waals surface area contributed by atoms with Crippen molar-refractivity contribution in [1.29, 1.82) is 0 Å². The van der Waals surface area contributed by atoms with E-state index in [2.05, 4.69) is 5.32 Å². The van der Waals surface area contributed by atoms with Crippen LogP contribution in [0.3, 0.4) is 0 Å². The van der Waals surface area contributed by atoms with Gasteiger partial charge in [-0.2, -0.15) is 0 Å². The van der Waals surface area contributed by atoms with Gasteiger partial charge in [0.05, 0.1) is 6.04 Å². The van der Waals surface area contributed by atoms with Crippen molar-refractivity contribution >= 4 is 17.5 Å². The zero-order valence-corrected chi connectivity index (χ0v) is 15.8. The number of amides is 2. The van der Waals surface area contributed by atoms with Crippen LogP contribution in [0.1, 0.15) is 25.0 Å². The van der Waals surface area contributed by atoms with Crippen LogP contribution in [0.2, 0.25) is 0 Å². The standard InChI is InChI=1S/C21H23F2N3O2/c1-12(2)18(24)21(28)26-11-14-7-4-3-6-13(14)10-17(26)20(27)25-19-15(22)8-5-9-16(19)23/h3-9,12,17-18H,10-11,24H2,1-2H3,(H,25,27). The number of hydrogen-bond donors (Lipinski definition) is 2. The average Bonchev–Trinajstić information content (AvgIpc) is 2.68. The van der Waals surface area contributed by atoms with E-state index in [0.717, 1.165) is 23.3 Å². The highest BCUT2D eigenvalue weighted by atomic mass is 19.1. The van der Waals surface area contributed by atoms with Gasteiger partial charge in [0, 0.05) is 13.0 Å². The summed E-state index contributed by atoms with van der Waals surface area (Å²) in [7, 11) is 0. The van der Waals surface area contributed by atoms with Crippen LogP contribution >= 0.6 is 0 Å². The van der Waals surface area contributed by atoms with E-state index in [0.29, 0.717) is 0 Å². The van der Waals surface area contributed by atoms with Crippen molar-refractivity contribution in [1.82, 2.24) is 4.90 Å². The highest BCUT2D eigenvalue weighted by Gasteiger charge is 2.37. The SMILES string of the molecule is CC(C)C(N)C(=O)N1Cc2ccccc2CC1C(=O)Nc1c(F)cccc1F. The van der Waals surface area contributed by atoms with Gasteiger partial charge in [-0.1, -0.05) is 44.2 Å². The molecule has 5 nitrogen and oxygen atoms in total. The van der Waals surface area contributed by atoms with Gasteiger partial charge >= 0.3 is 0 Å². The van der Waals surface area contributed by atoms with Crippen LogP contribution in [-0.4, -0.2) is 28.8 Å². The molecule has 2 aromatic rings. The number of nitrogens with one attached hydrogen (secondary N) is 1. The summed E-state index contributed by atoms with van der Waals surface area (Å²) in [5.74, 6) is -2.87. The summed E-state index contributed by atoms with van der Waals surface area (Å²) in [4.78, 5) is 27.2. The first-order valence-electron chi connectivity index (χ1n) is 9.17. The number of para-hydroxylation sites is 1. The second-order valence-corrected chi connectivity index (χ2v) is 7.31. The van der Waals surface area contributed by atoms with E-state index in [1.54, 1.807) is 0 Å². The fourth-order valence-corrected chi connectivity index (χ4v) is 3.29. The van der Waals surface area contributed by atoms with E-state index in [1.807, 2.05) is 38.1 Å². The van der Waals surface area contributed by atoms with Crippen molar-refractivity contribution in [3.63, 3.8) is 0 Å². The summed E-state index contributed by atoms with van der Waals surface area (Å²) in [5, 5.41) is 2.31. The normalized spacial score (nSPS) is 17.2. The fourth-order valence-electron chi connectivity index (χ4n) is 3.29. The molecule has 2 amide bonds. The lowest BCUT2D eigenvalue weighted by Gasteiger charge is -2.38. The Kier molecular flexibility index (Phi) is 5.74. The number of hydrogen-bond acceptors (Lipinski definition) is 3. The molecule has 0 saturated heterocycles. The molecule has 3 rings (SSSR count). The number of nitrogens with two attached hydrogens (primary N) is 1. The fraction of sp³-hybridized carbons (Fsp3) is 0.333. The Bertz CT molecular complexity index is 881. The predicted molar refractivity (Wildman–Crippen MR) is 102 cm³/mol. The number of benzene rings is 2. The predicted octanol–water partition coefficient (Wildman–Crippen LogP) is 2.84. The van der Waals surface area contributed by atoms with E-state index in [1.165, 1.54) is 11.0 Å². The van der Waals surface area contributed by atoms with Gasteiger partial charge in [0.25, 0.3) is 0 Å². The first-order chi connectivity index (χ1) is 13.3. The minimum Gasteiger partial charge on any atom is -0.325 e. The highest BCUT2D eigenvalue weighted by molar-refractivity contribution is 5.98. The van der Waals surface area contributed by atoms with E-state index < -0.39 is 35.3 Å². The molecule has 28 heavy (non-hydrogen) atoms. The van der Waals surface area contributed by atoms with Gasteiger partial charge in [-0.05, 0) is 29.2 Å². The lowest BCUT2D eigenvalue weighted by molar-refractivity contribution is -0.141.